The van der Waals surface area contributed by atoms with Crippen molar-refractivity contribution < 1.29 is 9.52 Å². The minimum absolute atomic E-state index is 0.341. The van der Waals surface area contributed by atoms with E-state index in [9.17, 15) is 5.11 Å². The fourth-order valence-electron chi connectivity index (χ4n) is 4.16. The van der Waals surface area contributed by atoms with E-state index in [-0.39, 0.29) is 0 Å². The van der Waals surface area contributed by atoms with Gasteiger partial charge in [-0.3, -0.25) is 9.89 Å². The van der Waals surface area contributed by atoms with Gasteiger partial charge in [0.15, 0.2) is 5.96 Å². The molecule has 1 aliphatic heterocycles. The molecule has 176 valence electrons. The molecule has 1 aromatic carbocycles. The van der Waals surface area contributed by atoms with Crippen LogP contribution in [0.25, 0.3) is 0 Å². The lowest BCUT2D eigenvalue weighted by Crippen LogP contribution is -2.49. The Morgan fingerprint density at radius 3 is 2.59 bits per heavy atom. The second-order valence-electron chi connectivity index (χ2n) is 9.34. The van der Waals surface area contributed by atoms with Crippen LogP contribution < -0.4 is 10.6 Å². The summed E-state index contributed by atoms with van der Waals surface area (Å²) in [6.07, 6.45) is 4.63. The summed E-state index contributed by atoms with van der Waals surface area (Å²) < 4.78 is 5.43. The second kappa shape index (κ2) is 12.0. The number of aliphatic hydroxyl groups is 1. The maximum absolute atomic E-state index is 10.7. The van der Waals surface area contributed by atoms with E-state index in [4.69, 9.17) is 9.41 Å². The van der Waals surface area contributed by atoms with Gasteiger partial charge in [0.05, 0.1) is 18.4 Å². The number of furan rings is 1. The lowest BCUT2D eigenvalue weighted by Gasteiger charge is -2.33. The fourth-order valence-corrected chi connectivity index (χ4v) is 4.16. The molecule has 1 saturated heterocycles. The van der Waals surface area contributed by atoms with Crippen molar-refractivity contribution in [1.29, 1.82) is 0 Å². The minimum Gasteiger partial charge on any atom is -0.469 e. The van der Waals surface area contributed by atoms with Crippen LogP contribution in [0, 0.1) is 0 Å². The summed E-state index contributed by atoms with van der Waals surface area (Å²) in [5.74, 6) is 1.71. The average Bonchev–Trinajstić information content (AvgIpc) is 3.27. The first-order valence-corrected chi connectivity index (χ1v) is 11.6. The SMILES string of the molecule is CN(C)CC(C)(O)CN=C(NCCc1ccco1)NC1CCN(Cc2ccccc2)CC1. The van der Waals surface area contributed by atoms with Crippen LogP contribution >= 0.6 is 0 Å². The van der Waals surface area contributed by atoms with Crippen molar-refractivity contribution in [3.05, 3.63) is 60.1 Å². The summed E-state index contributed by atoms with van der Waals surface area (Å²) in [6.45, 7) is 6.59. The van der Waals surface area contributed by atoms with E-state index in [0.29, 0.717) is 19.1 Å². The standard InChI is InChI=1S/C25H39N5O2/c1-25(31,20-29(2)3)19-27-24(26-14-11-23-10-7-17-32-23)28-22-12-15-30(16-13-22)18-21-8-5-4-6-9-21/h4-10,17,22,31H,11-16,18-20H2,1-3H3,(H2,26,27,28). The van der Waals surface area contributed by atoms with Gasteiger partial charge in [-0.1, -0.05) is 30.3 Å². The zero-order valence-corrected chi connectivity index (χ0v) is 19.8. The zero-order valence-electron chi connectivity index (χ0n) is 19.8. The van der Waals surface area contributed by atoms with Gasteiger partial charge in [-0.25, -0.2) is 0 Å². The topological polar surface area (TPSA) is 76.3 Å². The van der Waals surface area contributed by atoms with E-state index in [2.05, 4.69) is 45.9 Å². The van der Waals surface area contributed by atoms with Crippen LogP contribution in [0.4, 0.5) is 0 Å². The van der Waals surface area contributed by atoms with Gasteiger partial charge in [-0.15, -0.1) is 0 Å². The van der Waals surface area contributed by atoms with Crippen molar-refractivity contribution in [3.63, 3.8) is 0 Å². The highest BCUT2D eigenvalue weighted by Gasteiger charge is 2.23. The van der Waals surface area contributed by atoms with Crippen molar-refractivity contribution in [2.75, 3.05) is 46.8 Å². The third-order valence-corrected chi connectivity index (χ3v) is 5.66. The number of hydrogen-bond acceptors (Lipinski definition) is 5. The van der Waals surface area contributed by atoms with Crippen molar-refractivity contribution in [2.24, 2.45) is 4.99 Å². The summed E-state index contributed by atoms with van der Waals surface area (Å²) in [6, 6.07) is 14.9. The number of nitrogens with zero attached hydrogens (tertiary/aromatic N) is 3. The van der Waals surface area contributed by atoms with Crippen molar-refractivity contribution in [2.45, 2.75) is 44.4 Å². The van der Waals surface area contributed by atoms with Crippen LogP contribution in [0.15, 0.2) is 58.1 Å². The van der Waals surface area contributed by atoms with Gasteiger partial charge in [0, 0.05) is 45.2 Å². The fraction of sp³-hybridized carbons (Fsp3) is 0.560. The summed E-state index contributed by atoms with van der Waals surface area (Å²) in [5, 5.41) is 17.7. The molecule has 1 atom stereocenters. The Labute approximate surface area is 192 Å². The summed E-state index contributed by atoms with van der Waals surface area (Å²) in [4.78, 5) is 9.21. The first-order valence-electron chi connectivity index (χ1n) is 11.6. The summed E-state index contributed by atoms with van der Waals surface area (Å²) in [5.41, 5.74) is 0.488. The first kappa shape index (κ1) is 24.3. The number of hydrogen-bond donors (Lipinski definition) is 3. The van der Waals surface area contributed by atoms with Gasteiger partial charge in [-0.05, 0) is 51.6 Å². The van der Waals surface area contributed by atoms with Crippen molar-refractivity contribution in [1.82, 2.24) is 20.4 Å². The molecule has 7 nitrogen and oxygen atoms in total. The smallest absolute Gasteiger partial charge is 0.191 e. The largest absolute Gasteiger partial charge is 0.469 e. The number of aliphatic imine (C=N–C) groups is 1. The molecule has 2 heterocycles. The number of benzene rings is 1. The molecule has 3 rings (SSSR count). The molecule has 0 spiro atoms. The van der Waals surface area contributed by atoms with Crippen molar-refractivity contribution >= 4 is 5.96 Å². The van der Waals surface area contributed by atoms with Crippen LogP contribution in [0.5, 0.6) is 0 Å². The molecule has 0 radical (unpaired) electrons. The Balaban J connectivity index is 1.52. The summed E-state index contributed by atoms with van der Waals surface area (Å²) >= 11 is 0. The van der Waals surface area contributed by atoms with E-state index in [1.54, 1.807) is 6.26 Å². The molecule has 1 aromatic heterocycles. The van der Waals surface area contributed by atoms with Crippen LogP contribution in [0.1, 0.15) is 31.1 Å². The number of likely N-dealkylation sites (tertiary alicyclic amines) is 1. The van der Waals surface area contributed by atoms with Crippen LogP contribution in [0.2, 0.25) is 0 Å². The van der Waals surface area contributed by atoms with E-state index in [1.165, 1.54) is 5.56 Å². The number of likely N-dealkylation sites (N-methyl/N-ethyl adjacent to an activating group) is 1. The molecule has 1 fully saturated rings. The highest BCUT2D eigenvalue weighted by molar-refractivity contribution is 5.80. The molecule has 1 aliphatic rings. The number of piperidine rings is 1. The van der Waals surface area contributed by atoms with Gasteiger partial charge >= 0.3 is 0 Å². The maximum Gasteiger partial charge on any atom is 0.191 e. The minimum atomic E-state index is -0.877. The molecule has 32 heavy (non-hydrogen) atoms. The van der Waals surface area contributed by atoms with Gasteiger partial charge < -0.3 is 25.1 Å². The van der Waals surface area contributed by atoms with Crippen LogP contribution in [-0.2, 0) is 13.0 Å². The van der Waals surface area contributed by atoms with Gasteiger partial charge in [0.25, 0.3) is 0 Å². The predicted molar refractivity (Wildman–Crippen MR) is 130 cm³/mol. The number of rotatable bonds is 10. The quantitative estimate of drug-likeness (QED) is 0.388. The molecule has 1 unspecified atom stereocenters. The molecule has 0 saturated carbocycles. The highest BCUT2D eigenvalue weighted by atomic mass is 16.3. The third kappa shape index (κ3) is 8.65. The number of nitrogens with one attached hydrogen (secondary N) is 2. The molecule has 0 amide bonds. The number of guanidine groups is 1. The molecule has 2 aromatic rings. The van der Waals surface area contributed by atoms with Gasteiger partial charge in [-0.2, -0.15) is 0 Å². The molecule has 0 aliphatic carbocycles. The lowest BCUT2D eigenvalue weighted by molar-refractivity contribution is 0.0423. The van der Waals surface area contributed by atoms with Gasteiger partial charge in [0.2, 0.25) is 0 Å². The van der Waals surface area contributed by atoms with Crippen molar-refractivity contribution in [3.8, 4) is 0 Å². The summed E-state index contributed by atoms with van der Waals surface area (Å²) in [7, 11) is 3.92. The average molecular weight is 442 g/mol. The van der Waals surface area contributed by atoms with Crippen LogP contribution in [-0.4, -0.2) is 79.3 Å². The van der Waals surface area contributed by atoms with E-state index in [0.717, 1.165) is 57.2 Å². The molecule has 7 heteroatoms. The third-order valence-electron chi connectivity index (χ3n) is 5.66. The maximum atomic E-state index is 10.7. The Morgan fingerprint density at radius 2 is 1.94 bits per heavy atom. The Hall–Kier alpha value is -2.35. The highest BCUT2D eigenvalue weighted by Crippen LogP contribution is 2.14. The predicted octanol–water partition coefficient (Wildman–Crippen LogP) is 2.33. The van der Waals surface area contributed by atoms with E-state index in [1.807, 2.05) is 38.1 Å². The second-order valence-corrected chi connectivity index (χ2v) is 9.34. The lowest BCUT2D eigenvalue weighted by atomic mass is 10.0. The van der Waals surface area contributed by atoms with E-state index >= 15 is 0 Å². The molecular formula is C25H39N5O2. The Morgan fingerprint density at radius 1 is 1.19 bits per heavy atom. The van der Waals surface area contributed by atoms with E-state index < -0.39 is 5.60 Å². The Bertz CT molecular complexity index is 797. The Kier molecular flexibility index (Phi) is 9.14. The molecular weight excluding hydrogens is 402 g/mol. The molecule has 3 N–H and O–H groups in total. The normalized spacial score (nSPS) is 18.0. The zero-order chi connectivity index (χ0) is 22.8. The monoisotopic (exact) mass is 441 g/mol. The van der Waals surface area contributed by atoms with Crippen LogP contribution in [0.3, 0.4) is 0 Å². The first-order chi connectivity index (χ1) is 15.4. The van der Waals surface area contributed by atoms with Gasteiger partial charge in [0.1, 0.15) is 5.76 Å². The molecule has 0 bridgehead atoms.